The zero-order valence-corrected chi connectivity index (χ0v) is 10.7. The number of aromatic nitrogens is 1. The Kier molecular flexibility index (Phi) is 3.67. The molecule has 0 fully saturated rings. The molecule has 1 unspecified atom stereocenters. The highest BCUT2D eigenvalue weighted by atomic mass is 16.5. The van der Waals surface area contributed by atoms with E-state index in [9.17, 15) is 4.79 Å². The minimum absolute atomic E-state index is 0.196. The molecule has 0 amide bonds. The van der Waals surface area contributed by atoms with E-state index in [-0.39, 0.29) is 18.4 Å². The molecular weight excluding hydrogens is 228 g/mol. The maximum absolute atomic E-state index is 11.1. The Hall–Kier alpha value is -1.81. The molecule has 0 aliphatic rings. The van der Waals surface area contributed by atoms with Crippen LogP contribution < -0.4 is 5.73 Å². The summed E-state index contributed by atoms with van der Waals surface area (Å²) in [6, 6.07) is 8.13. The van der Waals surface area contributed by atoms with Gasteiger partial charge in [0.15, 0.2) is 0 Å². The fourth-order valence-electron chi connectivity index (χ4n) is 2.13. The van der Waals surface area contributed by atoms with Crippen LogP contribution in [0.2, 0.25) is 0 Å². The van der Waals surface area contributed by atoms with Gasteiger partial charge in [0.2, 0.25) is 0 Å². The molecule has 4 nitrogen and oxygen atoms in total. The number of hydrogen-bond donors (Lipinski definition) is 1. The number of carbonyl (C=O) groups excluding carboxylic acids is 1. The molecule has 2 N–H and O–H groups in total. The Bertz CT molecular complexity index is 560. The first kappa shape index (κ1) is 12.6. The van der Waals surface area contributed by atoms with Gasteiger partial charge < -0.3 is 15.0 Å². The van der Waals surface area contributed by atoms with E-state index in [1.165, 1.54) is 18.0 Å². The van der Waals surface area contributed by atoms with Crippen molar-refractivity contribution in [2.45, 2.75) is 18.9 Å². The molecule has 18 heavy (non-hydrogen) atoms. The Balaban J connectivity index is 2.09. The van der Waals surface area contributed by atoms with Gasteiger partial charge in [-0.15, -0.1) is 0 Å². The van der Waals surface area contributed by atoms with Crippen LogP contribution in [0.3, 0.4) is 0 Å². The molecule has 1 aromatic heterocycles. The quantitative estimate of drug-likeness (QED) is 0.834. The molecule has 4 heteroatoms. The van der Waals surface area contributed by atoms with Gasteiger partial charge in [-0.25, -0.2) is 0 Å². The lowest BCUT2D eigenvalue weighted by molar-refractivity contribution is -0.140. The van der Waals surface area contributed by atoms with Crippen molar-refractivity contribution in [1.29, 1.82) is 0 Å². The standard InChI is InChI=1S/C14H18N2O2/c1-16-6-5-11-7-10(3-4-13(11)16)8-12(15)9-14(17)18-2/h3-7,12H,8-9,15H2,1-2H3. The van der Waals surface area contributed by atoms with E-state index in [1.807, 2.05) is 13.2 Å². The molecule has 0 saturated carbocycles. The van der Waals surface area contributed by atoms with Gasteiger partial charge in [-0.1, -0.05) is 6.07 Å². The molecule has 1 heterocycles. The summed E-state index contributed by atoms with van der Waals surface area (Å²) in [4.78, 5) is 11.1. The monoisotopic (exact) mass is 246 g/mol. The maximum atomic E-state index is 11.1. The molecule has 2 rings (SSSR count). The number of nitrogens with two attached hydrogens (primary N) is 1. The number of nitrogens with zero attached hydrogens (tertiary/aromatic N) is 1. The van der Waals surface area contributed by atoms with Crippen LogP contribution in [0, 0.1) is 0 Å². The van der Waals surface area contributed by atoms with E-state index < -0.39 is 0 Å². The Morgan fingerprint density at radius 1 is 1.44 bits per heavy atom. The number of carbonyl (C=O) groups is 1. The van der Waals surface area contributed by atoms with Crippen LogP contribution in [0.25, 0.3) is 10.9 Å². The average Bonchev–Trinajstić information content (AvgIpc) is 2.70. The molecule has 0 saturated heterocycles. The third kappa shape index (κ3) is 2.71. The summed E-state index contributed by atoms with van der Waals surface area (Å²) in [5, 5.41) is 1.19. The number of rotatable bonds is 4. The molecular formula is C14H18N2O2. The fraction of sp³-hybridized carbons (Fsp3) is 0.357. The van der Waals surface area contributed by atoms with Crippen molar-refractivity contribution in [3.05, 3.63) is 36.0 Å². The minimum atomic E-state index is -0.261. The summed E-state index contributed by atoms with van der Waals surface area (Å²) in [6.45, 7) is 0. The Labute approximate surface area is 106 Å². The maximum Gasteiger partial charge on any atom is 0.307 e. The number of hydrogen-bond acceptors (Lipinski definition) is 3. The van der Waals surface area contributed by atoms with Crippen molar-refractivity contribution in [3.8, 4) is 0 Å². The van der Waals surface area contributed by atoms with Gasteiger partial charge in [-0.3, -0.25) is 4.79 Å². The number of esters is 1. The summed E-state index contributed by atoms with van der Waals surface area (Å²) in [5.74, 6) is -0.261. The normalized spacial score (nSPS) is 12.6. The van der Waals surface area contributed by atoms with E-state index in [1.54, 1.807) is 0 Å². The lowest BCUT2D eigenvalue weighted by Gasteiger charge is -2.10. The number of aryl methyl sites for hydroxylation is 1. The molecule has 1 atom stereocenters. The minimum Gasteiger partial charge on any atom is -0.469 e. The van der Waals surface area contributed by atoms with E-state index in [2.05, 4.69) is 33.6 Å². The predicted octanol–water partition coefficient (Wildman–Crippen LogP) is 1.61. The number of fused-ring (bicyclic) bond motifs is 1. The smallest absolute Gasteiger partial charge is 0.307 e. The molecule has 0 aliphatic heterocycles. The second kappa shape index (κ2) is 5.23. The van der Waals surface area contributed by atoms with Crippen molar-refractivity contribution in [2.75, 3.05) is 7.11 Å². The highest BCUT2D eigenvalue weighted by Crippen LogP contribution is 2.17. The average molecular weight is 246 g/mol. The Morgan fingerprint density at radius 3 is 2.94 bits per heavy atom. The summed E-state index contributed by atoms with van der Waals surface area (Å²) in [7, 11) is 3.40. The molecule has 96 valence electrons. The highest BCUT2D eigenvalue weighted by Gasteiger charge is 2.10. The van der Waals surface area contributed by atoms with Gasteiger partial charge in [-0.05, 0) is 35.6 Å². The van der Waals surface area contributed by atoms with E-state index >= 15 is 0 Å². The van der Waals surface area contributed by atoms with Crippen molar-refractivity contribution < 1.29 is 9.53 Å². The van der Waals surface area contributed by atoms with E-state index in [4.69, 9.17) is 5.73 Å². The summed E-state index contributed by atoms with van der Waals surface area (Å²) >= 11 is 0. The first-order valence-electron chi connectivity index (χ1n) is 5.96. The van der Waals surface area contributed by atoms with E-state index in [0.717, 1.165) is 5.56 Å². The lowest BCUT2D eigenvalue weighted by Crippen LogP contribution is -2.26. The van der Waals surface area contributed by atoms with E-state index in [0.29, 0.717) is 6.42 Å². The number of benzene rings is 1. The van der Waals surface area contributed by atoms with Crippen LogP contribution in [-0.2, 0) is 23.0 Å². The molecule has 2 aromatic rings. The molecule has 1 aromatic carbocycles. The molecule has 0 bridgehead atoms. The van der Waals surface area contributed by atoms with Crippen LogP contribution >= 0.6 is 0 Å². The van der Waals surface area contributed by atoms with Crippen LogP contribution in [0.4, 0.5) is 0 Å². The van der Waals surface area contributed by atoms with Gasteiger partial charge in [0.1, 0.15) is 0 Å². The first-order valence-corrected chi connectivity index (χ1v) is 5.96. The number of methoxy groups -OCH3 is 1. The third-order valence-electron chi connectivity index (χ3n) is 3.10. The third-order valence-corrected chi connectivity index (χ3v) is 3.10. The van der Waals surface area contributed by atoms with Crippen LogP contribution in [0.1, 0.15) is 12.0 Å². The topological polar surface area (TPSA) is 57.2 Å². The Morgan fingerprint density at radius 2 is 2.22 bits per heavy atom. The van der Waals surface area contributed by atoms with Crippen molar-refractivity contribution >= 4 is 16.9 Å². The summed E-state index contributed by atoms with van der Waals surface area (Å²) < 4.78 is 6.69. The summed E-state index contributed by atoms with van der Waals surface area (Å²) in [6.07, 6.45) is 2.96. The highest BCUT2D eigenvalue weighted by molar-refractivity contribution is 5.80. The molecule has 0 spiro atoms. The van der Waals surface area contributed by atoms with Gasteiger partial charge in [-0.2, -0.15) is 0 Å². The predicted molar refractivity (Wildman–Crippen MR) is 71.2 cm³/mol. The van der Waals surface area contributed by atoms with Crippen LogP contribution in [-0.4, -0.2) is 23.7 Å². The van der Waals surface area contributed by atoms with Crippen molar-refractivity contribution in [3.63, 3.8) is 0 Å². The van der Waals surface area contributed by atoms with Crippen LogP contribution in [0.15, 0.2) is 30.5 Å². The number of ether oxygens (including phenoxy) is 1. The van der Waals surface area contributed by atoms with Gasteiger partial charge >= 0.3 is 5.97 Å². The second-order valence-corrected chi connectivity index (χ2v) is 4.56. The zero-order valence-electron chi connectivity index (χ0n) is 10.7. The SMILES string of the molecule is COC(=O)CC(N)Cc1ccc2c(ccn2C)c1. The van der Waals surface area contributed by atoms with Crippen molar-refractivity contribution in [1.82, 2.24) is 4.57 Å². The second-order valence-electron chi connectivity index (χ2n) is 4.56. The first-order chi connectivity index (χ1) is 8.60. The molecule has 0 aliphatic carbocycles. The molecule has 0 radical (unpaired) electrons. The van der Waals surface area contributed by atoms with Gasteiger partial charge in [0, 0.05) is 24.8 Å². The van der Waals surface area contributed by atoms with Gasteiger partial charge in [0.25, 0.3) is 0 Å². The lowest BCUT2D eigenvalue weighted by atomic mass is 10.0. The fourth-order valence-corrected chi connectivity index (χ4v) is 2.13. The van der Waals surface area contributed by atoms with Crippen LogP contribution in [0.5, 0.6) is 0 Å². The zero-order chi connectivity index (χ0) is 13.1. The largest absolute Gasteiger partial charge is 0.469 e. The summed E-state index contributed by atoms with van der Waals surface area (Å²) in [5.41, 5.74) is 8.26. The van der Waals surface area contributed by atoms with Crippen molar-refractivity contribution in [2.24, 2.45) is 12.8 Å². The van der Waals surface area contributed by atoms with Gasteiger partial charge in [0.05, 0.1) is 13.5 Å².